The molecule has 0 radical (unpaired) electrons. The van der Waals surface area contributed by atoms with E-state index in [0.29, 0.717) is 11.1 Å². The predicted molar refractivity (Wildman–Crippen MR) is 69.9 cm³/mol. The number of benzene rings is 1. The molecular weight excluding hydrogens is 226 g/mol. The van der Waals surface area contributed by atoms with Crippen molar-refractivity contribution in [2.75, 3.05) is 0 Å². The Bertz CT molecular complexity index is 518. The van der Waals surface area contributed by atoms with Crippen molar-refractivity contribution in [2.45, 2.75) is 20.0 Å². The van der Waals surface area contributed by atoms with E-state index in [2.05, 4.69) is 4.98 Å². The van der Waals surface area contributed by atoms with Crippen molar-refractivity contribution in [3.05, 3.63) is 59.9 Å². The zero-order chi connectivity index (χ0) is 13.0. The Morgan fingerprint density at radius 2 is 1.56 bits per heavy atom. The van der Waals surface area contributed by atoms with Crippen LogP contribution in [0.4, 0.5) is 0 Å². The lowest BCUT2D eigenvalue weighted by atomic mass is 10.0. The van der Waals surface area contributed by atoms with Gasteiger partial charge >= 0.3 is 0 Å². The van der Waals surface area contributed by atoms with E-state index in [9.17, 15) is 4.79 Å². The van der Waals surface area contributed by atoms with Gasteiger partial charge in [0.1, 0.15) is 5.75 Å². The van der Waals surface area contributed by atoms with E-state index in [0.717, 1.165) is 5.75 Å². The largest absolute Gasteiger partial charge is 0.491 e. The second-order valence-corrected chi connectivity index (χ2v) is 4.26. The third-order valence-corrected chi connectivity index (χ3v) is 2.43. The number of nitrogens with zero attached hydrogens (tertiary/aromatic N) is 1. The molecule has 0 fully saturated rings. The van der Waals surface area contributed by atoms with Gasteiger partial charge < -0.3 is 4.74 Å². The lowest BCUT2D eigenvalue weighted by Crippen LogP contribution is -2.06. The van der Waals surface area contributed by atoms with Crippen LogP contribution < -0.4 is 4.74 Å². The van der Waals surface area contributed by atoms with Gasteiger partial charge in [0.25, 0.3) is 0 Å². The minimum atomic E-state index is -0.00602. The molecule has 0 spiro atoms. The third kappa shape index (κ3) is 2.94. The van der Waals surface area contributed by atoms with E-state index in [4.69, 9.17) is 4.74 Å². The topological polar surface area (TPSA) is 39.2 Å². The number of hydrogen-bond donors (Lipinski definition) is 0. The number of aromatic nitrogens is 1. The number of rotatable bonds is 4. The molecule has 3 nitrogen and oxygen atoms in total. The van der Waals surface area contributed by atoms with Crippen LogP contribution in [0.3, 0.4) is 0 Å². The minimum absolute atomic E-state index is 0.00602. The molecule has 0 N–H and O–H groups in total. The van der Waals surface area contributed by atoms with Crippen LogP contribution in [0.5, 0.6) is 5.75 Å². The summed E-state index contributed by atoms with van der Waals surface area (Å²) in [6.07, 6.45) is 3.36. The van der Waals surface area contributed by atoms with Gasteiger partial charge in [-0.3, -0.25) is 9.78 Å². The van der Waals surface area contributed by atoms with Crippen molar-refractivity contribution < 1.29 is 9.53 Å². The first-order valence-corrected chi connectivity index (χ1v) is 5.88. The molecule has 0 amide bonds. The molecule has 3 heteroatoms. The highest BCUT2D eigenvalue weighted by molar-refractivity contribution is 6.08. The maximum atomic E-state index is 12.1. The molecule has 0 saturated heterocycles. The van der Waals surface area contributed by atoms with Crippen molar-refractivity contribution in [3.63, 3.8) is 0 Å². The summed E-state index contributed by atoms with van der Waals surface area (Å²) in [6.45, 7) is 3.94. The summed E-state index contributed by atoms with van der Waals surface area (Å²) < 4.78 is 5.53. The third-order valence-electron chi connectivity index (χ3n) is 2.43. The molecule has 2 rings (SSSR count). The number of carbonyl (C=O) groups is 1. The molecule has 1 heterocycles. The second-order valence-electron chi connectivity index (χ2n) is 4.26. The van der Waals surface area contributed by atoms with E-state index in [-0.39, 0.29) is 11.9 Å². The fourth-order valence-electron chi connectivity index (χ4n) is 1.63. The van der Waals surface area contributed by atoms with Gasteiger partial charge in [0.15, 0.2) is 5.78 Å². The SMILES string of the molecule is CC(C)Oc1ccc(C(=O)c2ccncc2)cc1. The maximum Gasteiger partial charge on any atom is 0.193 e. The number of pyridine rings is 1. The van der Waals surface area contributed by atoms with Crippen LogP contribution >= 0.6 is 0 Å². The zero-order valence-electron chi connectivity index (χ0n) is 10.5. The summed E-state index contributed by atoms with van der Waals surface area (Å²) in [7, 11) is 0. The van der Waals surface area contributed by atoms with Crippen LogP contribution in [-0.4, -0.2) is 16.9 Å². The molecule has 92 valence electrons. The van der Waals surface area contributed by atoms with Crippen molar-refractivity contribution in [2.24, 2.45) is 0 Å². The highest BCUT2D eigenvalue weighted by Crippen LogP contribution is 2.16. The van der Waals surface area contributed by atoms with Gasteiger partial charge in [-0.2, -0.15) is 0 Å². The Balaban J connectivity index is 2.17. The quantitative estimate of drug-likeness (QED) is 0.772. The summed E-state index contributed by atoms with van der Waals surface area (Å²) in [4.78, 5) is 16.0. The lowest BCUT2D eigenvalue weighted by Gasteiger charge is -2.09. The molecule has 0 unspecified atom stereocenters. The number of hydrogen-bond acceptors (Lipinski definition) is 3. The number of carbonyl (C=O) groups excluding carboxylic acids is 1. The van der Waals surface area contributed by atoms with Gasteiger partial charge in [-0.25, -0.2) is 0 Å². The molecule has 0 atom stereocenters. The van der Waals surface area contributed by atoms with E-state index < -0.39 is 0 Å². The second kappa shape index (κ2) is 5.45. The Kier molecular flexibility index (Phi) is 3.72. The molecule has 0 aliphatic heterocycles. The molecule has 0 saturated carbocycles. The van der Waals surface area contributed by atoms with Gasteiger partial charge in [-0.1, -0.05) is 0 Å². The Morgan fingerprint density at radius 1 is 1.00 bits per heavy atom. The molecule has 0 bridgehead atoms. The van der Waals surface area contributed by atoms with Crippen molar-refractivity contribution in [1.82, 2.24) is 4.98 Å². The van der Waals surface area contributed by atoms with Crippen molar-refractivity contribution in [3.8, 4) is 5.75 Å². The Morgan fingerprint density at radius 3 is 2.11 bits per heavy atom. The predicted octanol–water partition coefficient (Wildman–Crippen LogP) is 3.10. The van der Waals surface area contributed by atoms with E-state index in [1.807, 2.05) is 26.0 Å². The molecular formula is C15H15NO2. The van der Waals surface area contributed by atoms with Crippen molar-refractivity contribution >= 4 is 5.78 Å². The van der Waals surface area contributed by atoms with E-state index in [1.54, 1.807) is 36.7 Å². The molecule has 18 heavy (non-hydrogen) atoms. The molecule has 1 aromatic carbocycles. The van der Waals surface area contributed by atoms with Gasteiger partial charge in [-0.05, 0) is 50.2 Å². The van der Waals surface area contributed by atoms with Crippen LogP contribution in [0, 0.1) is 0 Å². The van der Waals surface area contributed by atoms with Gasteiger partial charge in [0, 0.05) is 23.5 Å². The molecule has 1 aromatic heterocycles. The molecule has 0 aliphatic carbocycles. The average Bonchev–Trinajstić information content (AvgIpc) is 2.39. The Labute approximate surface area is 106 Å². The van der Waals surface area contributed by atoms with E-state index in [1.165, 1.54) is 0 Å². The number of ketones is 1. The lowest BCUT2D eigenvalue weighted by molar-refractivity contribution is 0.103. The first-order valence-electron chi connectivity index (χ1n) is 5.88. The van der Waals surface area contributed by atoms with Crippen LogP contribution in [-0.2, 0) is 0 Å². The molecule has 0 aliphatic rings. The first-order chi connectivity index (χ1) is 8.66. The summed E-state index contributed by atoms with van der Waals surface area (Å²) in [5, 5.41) is 0. The summed E-state index contributed by atoms with van der Waals surface area (Å²) in [6, 6.07) is 10.6. The van der Waals surface area contributed by atoms with Gasteiger partial charge in [-0.15, -0.1) is 0 Å². The Hall–Kier alpha value is -2.16. The zero-order valence-corrected chi connectivity index (χ0v) is 10.5. The fourth-order valence-corrected chi connectivity index (χ4v) is 1.63. The monoisotopic (exact) mass is 241 g/mol. The van der Waals surface area contributed by atoms with Crippen molar-refractivity contribution in [1.29, 1.82) is 0 Å². The highest BCUT2D eigenvalue weighted by Gasteiger charge is 2.08. The first kappa shape index (κ1) is 12.3. The summed E-state index contributed by atoms with van der Waals surface area (Å²) >= 11 is 0. The smallest absolute Gasteiger partial charge is 0.193 e. The maximum absolute atomic E-state index is 12.1. The van der Waals surface area contributed by atoms with Crippen LogP contribution in [0.1, 0.15) is 29.8 Å². The van der Waals surface area contributed by atoms with Gasteiger partial charge in [0.2, 0.25) is 0 Å². The normalized spacial score (nSPS) is 10.4. The van der Waals surface area contributed by atoms with Crippen LogP contribution in [0.25, 0.3) is 0 Å². The molecule has 2 aromatic rings. The van der Waals surface area contributed by atoms with Gasteiger partial charge in [0.05, 0.1) is 6.10 Å². The summed E-state index contributed by atoms with van der Waals surface area (Å²) in [5.41, 5.74) is 1.29. The van der Waals surface area contributed by atoms with E-state index >= 15 is 0 Å². The minimum Gasteiger partial charge on any atom is -0.491 e. The number of ether oxygens (including phenoxy) is 1. The highest BCUT2D eigenvalue weighted by atomic mass is 16.5. The van der Waals surface area contributed by atoms with Crippen LogP contribution in [0.2, 0.25) is 0 Å². The average molecular weight is 241 g/mol. The standard InChI is InChI=1S/C15H15NO2/c1-11(2)18-14-5-3-12(4-6-14)15(17)13-7-9-16-10-8-13/h3-11H,1-2H3. The fraction of sp³-hybridized carbons (Fsp3) is 0.200. The van der Waals surface area contributed by atoms with Crippen LogP contribution in [0.15, 0.2) is 48.8 Å². The summed E-state index contributed by atoms with van der Waals surface area (Å²) in [5.74, 6) is 0.768.